The van der Waals surface area contributed by atoms with Crippen molar-refractivity contribution >= 4 is 28.5 Å². The Morgan fingerprint density at radius 2 is 2.13 bits per heavy atom. The quantitative estimate of drug-likeness (QED) is 0.453. The summed E-state index contributed by atoms with van der Waals surface area (Å²) in [4.78, 5) is 16.4. The van der Waals surface area contributed by atoms with Crippen molar-refractivity contribution in [2.24, 2.45) is 0 Å². The molecule has 2 rings (SSSR count). The van der Waals surface area contributed by atoms with Crippen molar-refractivity contribution in [2.45, 2.75) is 19.8 Å². The second kappa shape index (κ2) is 6.94. The lowest BCUT2D eigenvalue weighted by molar-refractivity contribution is -0.112. The Morgan fingerprint density at radius 3 is 2.70 bits per heavy atom. The fourth-order valence-corrected chi connectivity index (χ4v) is 2.59. The molecule has 7 heteroatoms. The molecule has 0 fully saturated rings. The number of hydrogen-bond acceptors (Lipinski definition) is 6. The van der Waals surface area contributed by atoms with Crippen LogP contribution < -0.4 is 5.32 Å². The number of aromatic hydroxyl groups is 2. The van der Waals surface area contributed by atoms with Gasteiger partial charge >= 0.3 is 0 Å². The Kier molecular flexibility index (Phi) is 4.98. The highest BCUT2D eigenvalue weighted by Gasteiger charge is 2.13. The van der Waals surface area contributed by atoms with Gasteiger partial charge in [0, 0.05) is 5.38 Å². The zero-order valence-electron chi connectivity index (χ0n) is 12.6. The largest absolute Gasteiger partial charge is 0.504 e. The van der Waals surface area contributed by atoms with Crippen LogP contribution in [-0.2, 0) is 4.79 Å². The maximum absolute atomic E-state index is 12.1. The molecule has 2 aromatic rings. The minimum atomic E-state index is -0.579. The van der Waals surface area contributed by atoms with Gasteiger partial charge in [-0.2, -0.15) is 5.26 Å². The molecule has 1 aromatic heterocycles. The number of carbonyl (C=O) groups is 1. The summed E-state index contributed by atoms with van der Waals surface area (Å²) >= 11 is 1.29. The van der Waals surface area contributed by atoms with E-state index in [4.69, 9.17) is 5.26 Å². The number of benzene rings is 1. The predicted molar refractivity (Wildman–Crippen MR) is 88.2 cm³/mol. The van der Waals surface area contributed by atoms with Crippen molar-refractivity contribution in [1.29, 1.82) is 5.26 Å². The van der Waals surface area contributed by atoms with E-state index in [1.54, 1.807) is 0 Å². The maximum atomic E-state index is 12.1. The van der Waals surface area contributed by atoms with Crippen molar-refractivity contribution < 1.29 is 15.0 Å². The third kappa shape index (κ3) is 4.08. The summed E-state index contributed by atoms with van der Waals surface area (Å²) in [6, 6.07) is 5.85. The van der Waals surface area contributed by atoms with Gasteiger partial charge in [-0.3, -0.25) is 10.1 Å². The van der Waals surface area contributed by atoms with Gasteiger partial charge in [0.2, 0.25) is 0 Å². The molecule has 0 atom stereocenters. The number of rotatable bonds is 4. The fourth-order valence-electron chi connectivity index (χ4n) is 1.72. The summed E-state index contributed by atoms with van der Waals surface area (Å²) in [6.45, 7) is 4.00. The number of nitrogens with one attached hydrogen (secondary N) is 1. The van der Waals surface area contributed by atoms with E-state index in [0.717, 1.165) is 5.69 Å². The minimum Gasteiger partial charge on any atom is -0.504 e. The van der Waals surface area contributed by atoms with Crippen LogP contribution in [0.4, 0.5) is 5.13 Å². The number of nitrogens with zero attached hydrogens (tertiary/aromatic N) is 2. The summed E-state index contributed by atoms with van der Waals surface area (Å²) < 4.78 is 0. The van der Waals surface area contributed by atoms with Crippen molar-refractivity contribution in [1.82, 2.24) is 4.98 Å². The van der Waals surface area contributed by atoms with Crippen LogP contribution in [0.25, 0.3) is 6.08 Å². The van der Waals surface area contributed by atoms with Crippen LogP contribution in [0.15, 0.2) is 29.2 Å². The van der Waals surface area contributed by atoms with E-state index >= 15 is 0 Å². The normalized spacial score (nSPS) is 11.3. The molecule has 0 aliphatic rings. The van der Waals surface area contributed by atoms with E-state index in [9.17, 15) is 15.0 Å². The Hall–Kier alpha value is -2.85. The smallest absolute Gasteiger partial charge is 0.268 e. The number of nitriles is 1. The van der Waals surface area contributed by atoms with E-state index in [0.29, 0.717) is 10.7 Å². The lowest BCUT2D eigenvalue weighted by atomic mass is 10.1. The molecule has 0 aliphatic heterocycles. The lowest BCUT2D eigenvalue weighted by Crippen LogP contribution is -2.13. The predicted octanol–water partition coefficient (Wildman–Crippen LogP) is 3.22. The number of amides is 1. The van der Waals surface area contributed by atoms with Gasteiger partial charge < -0.3 is 10.2 Å². The average Bonchev–Trinajstić information content (AvgIpc) is 2.97. The van der Waals surface area contributed by atoms with E-state index < -0.39 is 5.91 Å². The molecule has 0 bridgehead atoms. The molecule has 118 valence electrons. The van der Waals surface area contributed by atoms with Crippen LogP contribution in [0.3, 0.4) is 0 Å². The first kappa shape index (κ1) is 16.5. The molecule has 0 saturated carbocycles. The molecule has 23 heavy (non-hydrogen) atoms. The third-order valence-corrected chi connectivity index (χ3v) is 3.79. The number of anilines is 1. The zero-order chi connectivity index (χ0) is 17.0. The van der Waals surface area contributed by atoms with Crippen molar-refractivity contribution in [2.75, 3.05) is 5.32 Å². The molecule has 3 N–H and O–H groups in total. The summed E-state index contributed by atoms with van der Waals surface area (Å²) in [6.07, 6.45) is 1.32. The molecular formula is C16H15N3O3S. The Labute approximate surface area is 137 Å². The van der Waals surface area contributed by atoms with E-state index in [2.05, 4.69) is 10.3 Å². The number of aromatic nitrogens is 1. The molecule has 1 aromatic carbocycles. The van der Waals surface area contributed by atoms with E-state index in [-0.39, 0.29) is 23.0 Å². The van der Waals surface area contributed by atoms with Gasteiger partial charge in [0.15, 0.2) is 16.6 Å². The number of hydrogen-bond donors (Lipinski definition) is 3. The molecule has 0 radical (unpaired) electrons. The second-order valence-corrected chi connectivity index (χ2v) is 5.96. The van der Waals surface area contributed by atoms with Gasteiger partial charge in [0.05, 0.1) is 5.69 Å². The highest BCUT2D eigenvalue weighted by molar-refractivity contribution is 7.14. The van der Waals surface area contributed by atoms with Gasteiger partial charge in [0.25, 0.3) is 5.91 Å². The molecular weight excluding hydrogens is 314 g/mol. The molecule has 0 unspecified atom stereocenters. The van der Waals surface area contributed by atoms with Crippen LogP contribution in [0.1, 0.15) is 31.0 Å². The molecule has 0 aliphatic carbocycles. The van der Waals surface area contributed by atoms with Crippen LogP contribution in [-0.4, -0.2) is 21.1 Å². The van der Waals surface area contributed by atoms with Crippen LogP contribution in [0.2, 0.25) is 0 Å². The van der Waals surface area contributed by atoms with Gasteiger partial charge in [-0.05, 0) is 29.7 Å². The Balaban J connectivity index is 2.19. The molecule has 1 amide bonds. The van der Waals surface area contributed by atoms with E-state index in [1.807, 2.05) is 25.3 Å². The summed E-state index contributed by atoms with van der Waals surface area (Å²) in [5.41, 5.74) is 1.17. The maximum Gasteiger partial charge on any atom is 0.268 e. The van der Waals surface area contributed by atoms with Crippen molar-refractivity contribution in [3.63, 3.8) is 0 Å². The highest BCUT2D eigenvalue weighted by atomic mass is 32.1. The van der Waals surface area contributed by atoms with Crippen molar-refractivity contribution in [3.05, 3.63) is 40.4 Å². The first-order valence-electron chi connectivity index (χ1n) is 6.81. The van der Waals surface area contributed by atoms with Gasteiger partial charge in [-0.1, -0.05) is 19.9 Å². The average molecular weight is 329 g/mol. The third-order valence-electron chi connectivity index (χ3n) is 3.01. The summed E-state index contributed by atoms with van der Waals surface area (Å²) in [7, 11) is 0. The molecule has 0 spiro atoms. The van der Waals surface area contributed by atoms with Gasteiger partial charge in [-0.25, -0.2) is 4.98 Å². The molecule has 0 saturated heterocycles. The van der Waals surface area contributed by atoms with Gasteiger partial charge in [0.1, 0.15) is 11.6 Å². The number of phenols is 2. The van der Waals surface area contributed by atoms with Crippen molar-refractivity contribution in [3.8, 4) is 17.6 Å². The molecule has 1 heterocycles. The van der Waals surface area contributed by atoms with Crippen LogP contribution >= 0.6 is 11.3 Å². The minimum absolute atomic E-state index is 0.128. The molecule has 6 nitrogen and oxygen atoms in total. The first-order valence-corrected chi connectivity index (χ1v) is 7.69. The second-order valence-electron chi connectivity index (χ2n) is 5.10. The monoisotopic (exact) mass is 329 g/mol. The van der Waals surface area contributed by atoms with Crippen LogP contribution in [0.5, 0.6) is 11.5 Å². The number of carbonyl (C=O) groups excluding carboxylic acids is 1. The zero-order valence-corrected chi connectivity index (χ0v) is 13.4. The number of thiazole rings is 1. The fraction of sp³-hybridized carbons (Fsp3) is 0.188. The summed E-state index contributed by atoms with van der Waals surface area (Å²) in [5.74, 6) is -0.917. The topological polar surface area (TPSA) is 106 Å². The van der Waals surface area contributed by atoms with Crippen LogP contribution in [0, 0.1) is 11.3 Å². The summed E-state index contributed by atoms with van der Waals surface area (Å²) in [5, 5.41) is 32.7. The first-order chi connectivity index (χ1) is 10.9. The number of phenolic OH excluding ortho intramolecular Hbond substituents is 2. The SMILES string of the molecule is CC(C)c1csc(NC(=O)/C(C#N)=C/c2ccc(O)c(O)c2)n1. The Bertz CT molecular complexity index is 803. The lowest BCUT2D eigenvalue weighted by Gasteiger charge is -2.02. The standard InChI is InChI=1S/C16H15N3O3S/c1-9(2)12-8-23-16(18-12)19-15(22)11(7-17)5-10-3-4-13(20)14(21)6-10/h3-6,8-9,20-21H,1-2H3,(H,18,19,22)/b11-5+. The van der Waals surface area contributed by atoms with Gasteiger partial charge in [-0.15, -0.1) is 11.3 Å². The Morgan fingerprint density at radius 1 is 1.39 bits per heavy atom. The van der Waals surface area contributed by atoms with E-state index in [1.165, 1.54) is 35.6 Å². The highest BCUT2D eigenvalue weighted by Crippen LogP contribution is 2.26.